The third-order valence-electron chi connectivity index (χ3n) is 3.01. The first kappa shape index (κ1) is 13.8. The molecule has 0 aliphatic carbocycles. The van der Waals surface area contributed by atoms with Crippen molar-refractivity contribution in [2.24, 2.45) is 0 Å². The second-order valence-electron chi connectivity index (χ2n) is 4.63. The van der Waals surface area contributed by atoms with E-state index in [1.165, 1.54) is 12.4 Å². The Labute approximate surface area is 125 Å². The smallest absolute Gasteiger partial charge is 0.407 e. The molecule has 0 spiro atoms. The summed E-state index contributed by atoms with van der Waals surface area (Å²) < 4.78 is 4.65. The summed E-state index contributed by atoms with van der Waals surface area (Å²) in [6.45, 7) is -0.00704. The molecule has 2 heterocycles. The van der Waals surface area contributed by atoms with Gasteiger partial charge in [0.1, 0.15) is 18.4 Å². The highest BCUT2D eigenvalue weighted by molar-refractivity contribution is 5.97. The molecule has 2 aromatic rings. The largest absolute Gasteiger partial charge is 0.508 e. The van der Waals surface area contributed by atoms with E-state index >= 15 is 0 Å². The van der Waals surface area contributed by atoms with Gasteiger partial charge in [0.25, 0.3) is 5.91 Å². The van der Waals surface area contributed by atoms with Gasteiger partial charge in [0.15, 0.2) is 5.82 Å². The van der Waals surface area contributed by atoms with Gasteiger partial charge in [-0.15, -0.1) is 0 Å². The molecule has 3 N–H and O–H groups in total. The fraction of sp³-hybridized carbons (Fsp3) is 0.143. The summed E-state index contributed by atoms with van der Waals surface area (Å²) in [7, 11) is 0. The number of rotatable bonds is 3. The maximum atomic E-state index is 11.9. The SMILES string of the molecule is O=C1N[C@H](C(=O)Nc2cnc(-c3cccc(O)c3)nc2)CO1. The number of nitrogens with one attached hydrogen (secondary N) is 2. The molecule has 1 aliphatic rings. The highest BCUT2D eigenvalue weighted by Gasteiger charge is 2.28. The van der Waals surface area contributed by atoms with Crippen LogP contribution in [0.3, 0.4) is 0 Å². The zero-order chi connectivity index (χ0) is 15.5. The molecule has 8 heteroatoms. The van der Waals surface area contributed by atoms with E-state index in [0.29, 0.717) is 17.1 Å². The number of amides is 2. The quantitative estimate of drug-likeness (QED) is 0.776. The Hall–Kier alpha value is -3.16. The van der Waals surface area contributed by atoms with Crippen molar-refractivity contribution in [1.82, 2.24) is 15.3 Å². The van der Waals surface area contributed by atoms with Crippen LogP contribution in [0.1, 0.15) is 0 Å². The van der Waals surface area contributed by atoms with Gasteiger partial charge in [0.05, 0.1) is 18.1 Å². The Morgan fingerprint density at radius 2 is 2.14 bits per heavy atom. The molecule has 3 rings (SSSR count). The number of hydrogen-bond acceptors (Lipinski definition) is 6. The van der Waals surface area contributed by atoms with Crippen molar-refractivity contribution < 1.29 is 19.4 Å². The fourth-order valence-electron chi connectivity index (χ4n) is 1.94. The van der Waals surface area contributed by atoms with Crippen LogP contribution in [0.2, 0.25) is 0 Å². The van der Waals surface area contributed by atoms with Crippen LogP contribution in [0, 0.1) is 0 Å². The average Bonchev–Trinajstić information content (AvgIpc) is 2.95. The predicted molar refractivity (Wildman–Crippen MR) is 76.0 cm³/mol. The van der Waals surface area contributed by atoms with Crippen LogP contribution in [0.25, 0.3) is 11.4 Å². The number of aromatic hydroxyl groups is 1. The van der Waals surface area contributed by atoms with E-state index in [0.717, 1.165) is 0 Å². The van der Waals surface area contributed by atoms with Gasteiger partial charge >= 0.3 is 6.09 Å². The first-order chi connectivity index (χ1) is 10.6. The van der Waals surface area contributed by atoms with Gasteiger partial charge in [0.2, 0.25) is 0 Å². The molecule has 1 saturated heterocycles. The van der Waals surface area contributed by atoms with Gasteiger partial charge in [-0.3, -0.25) is 4.79 Å². The molecule has 0 saturated carbocycles. The van der Waals surface area contributed by atoms with Crippen molar-refractivity contribution in [2.75, 3.05) is 11.9 Å². The van der Waals surface area contributed by atoms with Crippen LogP contribution in [0.15, 0.2) is 36.7 Å². The molecule has 112 valence electrons. The molecule has 1 aromatic heterocycles. The molecular weight excluding hydrogens is 288 g/mol. The van der Waals surface area contributed by atoms with Crippen LogP contribution in [0.4, 0.5) is 10.5 Å². The van der Waals surface area contributed by atoms with Gasteiger partial charge < -0.3 is 20.5 Å². The van der Waals surface area contributed by atoms with Gasteiger partial charge in [-0.25, -0.2) is 14.8 Å². The van der Waals surface area contributed by atoms with Crippen LogP contribution < -0.4 is 10.6 Å². The number of nitrogens with zero attached hydrogens (tertiary/aromatic N) is 2. The van der Waals surface area contributed by atoms with E-state index in [1.807, 2.05) is 0 Å². The molecule has 1 atom stereocenters. The molecular formula is C14H12N4O4. The summed E-state index contributed by atoms with van der Waals surface area (Å²) in [5.41, 5.74) is 1.06. The monoisotopic (exact) mass is 300 g/mol. The number of aromatic nitrogens is 2. The summed E-state index contributed by atoms with van der Waals surface area (Å²) in [6.07, 6.45) is 2.28. The van der Waals surface area contributed by atoms with Crippen molar-refractivity contribution in [2.45, 2.75) is 6.04 Å². The first-order valence-electron chi connectivity index (χ1n) is 6.47. The zero-order valence-corrected chi connectivity index (χ0v) is 11.3. The van der Waals surface area contributed by atoms with Crippen molar-refractivity contribution in [3.63, 3.8) is 0 Å². The molecule has 0 bridgehead atoms. The summed E-state index contributed by atoms with van der Waals surface area (Å²) in [5.74, 6) is 0.140. The maximum absolute atomic E-state index is 11.9. The van der Waals surface area contributed by atoms with Crippen LogP contribution in [0.5, 0.6) is 5.75 Å². The molecule has 1 aromatic carbocycles. The highest BCUT2D eigenvalue weighted by Crippen LogP contribution is 2.20. The molecule has 22 heavy (non-hydrogen) atoms. The van der Waals surface area contributed by atoms with Crippen molar-refractivity contribution >= 4 is 17.7 Å². The third-order valence-corrected chi connectivity index (χ3v) is 3.01. The molecule has 0 radical (unpaired) electrons. The van der Waals surface area contributed by atoms with Crippen LogP contribution in [-0.4, -0.2) is 39.7 Å². The fourth-order valence-corrected chi connectivity index (χ4v) is 1.94. The first-order valence-corrected chi connectivity index (χ1v) is 6.47. The lowest BCUT2D eigenvalue weighted by molar-refractivity contribution is -0.117. The summed E-state index contributed by atoms with van der Waals surface area (Å²) in [4.78, 5) is 31.0. The second-order valence-corrected chi connectivity index (χ2v) is 4.63. The van der Waals surface area contributed by atoms with Gasteiger partial charge in [-0.1, -0.05) is 12.1 Å². The number of anilines is 1. The highest BCUT2D eigenvalue weighted by atomic mass is 16.6. The minimum Gasteiger partial charge on any atom is -0.508 e. The van der Waals surface area contributed by atoms with E-state index in [-0.39, 0.29) is 12.4 Å². The number of hydrogen-bond donors (Lipinski definition) is 3. The molecule has 8 nitrogen and oxygen atoms in total. The van der Waals surface area contributed by atoms with Crippen molar-refractivity contribution in [3.05, 3.63) is 36.7 Å². The number of carbonyl (C=O) groups is 2. The van der Waals surface area contributed by atoms with Crippen molar-refractivity contribution in [1.29, 1.82) is 0 Å². The predicted octanol–water partition coefficient (Wildman–Crippen LogP) is 0.896. The summed E-state index contributed by atoms with van der Waals surface area (Å²) in [5, 5.41) is 14.4. The van der Waals surface area contributed by atoms with Crippen molar-refractivity contribution in [3.8, 4) is 17.1 Å². The Morgan fingerprint density at radius 1 is 1.36 bits per heavy atom. The minimum atomic E-state index is -0.724. The van der Waals surface area contributed by atoms with E-state index in [9.17, 15) is 14.7 Å². The zero-order valence-electron chi connectivity index (χ0n) is 11.3. The number of carbonyl (C=O) groups excluding carboxylic acids is 2. The normalized spacial score (nSPS) is 16.7. The number of alkyl carbamates (subject to hydrolysis) is 1. The molecule has 1 aliphatic heterocycles. The van der Waals surface area contributed by atoms with E-state index in [4.69, 9.17) is 0 Å². The number of benzene rings is 1. The Balaban J connectivity index is 1.69. The lowest BCUT2D eigenvalue weighted by Crippen LogP contribution is -2.38. The summed E-state index contributed by atoms with van der Waals surface area (Å²) >= 11 is 0. The molecule has 0 unspecified atom stereocenters. The van der Waals surface area contributed by atoms with E-state index < -0.39 is 18.0 Å². The Bertz CT molecular complexity index is 717. The van der Waals surface area contributed by atoms with E-state index in [2.05, 4.69) is 25.3 Å². The van der Waals surface area contributed by atoms with Gasteiger partial charge in [-0.2, -0.15) is 0 Å². The maximum Gasteiger partial charge on any atom is 0.407 e. The average molecular weight is 300 g/mol. The Kier molecular flexibility index (Phi) is 3.57. The van der Waals surface area contributed by atoms with Crippen LogP contribution in [-0.2, 0) is 9.53 Å². The molecule has 2 amide bonds. The van der Waals surface area contributed by atoms with Crippen LogP contribution >= 0.6 is 0 Å². The second kappa shape index (κ2) is 5.68. The van der Waals surface area contributed by atoms with Gasteiger partial charge in [0, 0.05) is 5.56 Å². The number of phenolic OH excluding ortho intramolecular Hbond substituents is 1. The topological polar surface area (TPSA) is 113 Å². The third kappa shape index (κ3) is 2.95. The van der Waals surface area contributed by atoms with E-state index in [1.54, 1.807) is 24.3 Å². The molecule has 1 fully saturated rings. The number of ether oxygens (including phenoxy) is 1. The Morgan fingerprint density at radius 3 is 2.77 bits per heavy atom. The van der Waals surface area contributed by atoms with Gasteiger partial charge in [-0.05, 0) is 12.1 Å². The lowest BCUT2D eigenvalue weighted by atomic mass is 10.2. The lowest BCUT2D eigenvalue weighted by Gasteiger charge is -2.08. The minimum absolute atomic E-state index is 0.00704. The summed E-state index contributed by atoms with van der Waals surface area (Å²) in [6, 6.07) is 5.82. The number of phenols is 1. The number of cyclic esters (lactones) is 1. The standard InChI is InChI=1S/C14H12N4O4/c19-10-3-1-2-8(4-10)12-15-5-9(6-16-12)17-13(20)11-7-22-14(21)18-11/h1-6,11,19H,7H2,(H,17,20)(H,18,21)/t11-/m0/s1.